The lowest BCUT2D eigenvalue weighted by Gasteiger charge is -2.14. The van der Waals surface area contributed by atoms with Crippen molar-refractivity contribution < 1.29 is 19.1 Å². The first-order valence-electron chi connectivity index (χ1n) is 10.5. The topological polar surface area (TPSA) is 150 Å². The first kappa shape index (κ1) is 28.5. The van der Waals surface area contributed by atoms with Crippen LogP contribution < -0.4 is 16.2 Å². The predicted molar refractivity (Wildman–Crippen MR) is 132 cm³/mol. The molecule has 0 atom stereocenters. The number of anilines is 2. The number of carbonyl (C=O) groups excluding carboxylic acids is 2. The van der Waals surface area contributed by atoms with Crippen LogP contribution in [-0.2, 0) is 4.79 Å². The van der Waals surface area contributed by atoms with E-state index in [-0.39, 0.29) is 17.5 Å². The molecule has 0 aliphatic heterocycles. The molecule has 2 aromatic rings. The minimum atomic E-state index is -0.628. The fraction of sp³-hybridized carbons (Fsp3) is 0.348. The second kappa shape index (κ2) is 15.4. The molecule has 0 aromatic carbocycles. The minimum absolute atomic E-state index is 0.0418. The van der Waals surface area contributed by atoms with Gasteiger partial charge in [0.1, 0.15) is 6.29 Å². The number of H-pyrrole nitrogens is 1. The first-order valence-corrected chi connectivity index (χ1v) is 10.9. The molecule has 2 aromatic heterocycles. The number of aldehydes is 1. The summed E-state index contributed by atoms with van der Waals surface area (Å²) < 4.78 is 5.18. The van der Waals surface area contributed by atoms with Gasteiger partial charge in [0.25, 0.3) is 0 Å². The van der Waals surface area contributed by atoms with Crippen LogP contribution in [0.1, 0.15) is 49.7 Å². The SMILES string of the molecule is C=C(C)/C=C(/Cl)C(=C)Nc1nnc(C(=O)Nc2ccc(=O)[nH]c2)o1.CO.O=CC1CCCCC1. The number of rotatable bonds is 7. The molecule has 4 N–H and O–H groups in total. The number of hydrogen-bond donors (Lipinski definition) is 4. The van der Waals surface area contributed by atoms with Gasteiger partial charge >= 0.3 is 17.8 Å². The molecule has 1 fully saturated rings. The number of aromatic amines is 1. The zero-order valence-electron chi connectivity index (χ0n) is 19.3. The second-order valence-corrected chi connectivity index (χ2v) is 7.69. The van der Waals surface area contributed by atoms with Crippen molar-refractivity contribution in [2.45, 2.75) is 39.0 Å². The average Bonchev–Trinajstić information content (AvgIpc) is 3.31. The predicted octanol–water partition coefficient (Wildman–Crippen LogP) is 4.01. The van der Waals surface area contributed by atoms with Gasteiger partial charge in [-0.1, -0.05) is 54.7 Å². The molecule has 34 heavy (non-hydrogen) atoms. The first-order chi connectivity index (χ1) is 16.3. The number of allylic oxidation sites excluding steroid dienone is 3. The Morgan fingerprint density at radius 3 is 2.41 bits per heavy atom. The van der Waals surface area contributed by atoms with Gasteiger partial charge < -0.3 is 29.9 Å². The molecule has 1 aliphatic carbocycles. The highest BCUT2D eigenvalue weighted by Crippen LogP contribution is 2.21. The van der Waals surface area contributed by atoms with Gasteiger partial charge in [0.2, 0.25) is 5.56 Å². The molecular weight excluding hydrogens is 462 g/mol. The van der Waals surface area contributed by atoms with Crippen LogP contribution in [0.25, 0.3) is 0 Å². The summed E-state index contributed by atoms with van der Waals surface area (Å²) in [4.78, 5) is 35.5. The van der Waals surface area contributed by atoms with E-state index in [2.05, 4.69) is 39.0 Å². The number of carbonyl (C=O) groups is 2. The number of amides is 1. The van der Waals surface area contributed by atoms with E-state index in [1.807, 2.05) is 0 Å². The highest BCUT2D eigenvalue weighted by Gasteiger charge is 2.16. The number of nitrogens with zero attached hydrogens (tertiary/aromatic N) is 2. The Hall–Kier alpha value is -3.50. The van der Waals surface area contributed by atoms with Crippen LogP contribution in [0.4, 0.5) is 11.7 Å². The summed E-state index contributed by atoms with van der Waals surface area (Å²) in [5.41, 5.74) is 1.16. The average molecular weight is 492 g/mol. The molecule has 2 heterocycles. The zero-order chi connectivity index (χ0) is 25.5. The number of halogens is 1. The molecule has 1 aliphatic rings. The Kier molecular flexibility index (Phi) is 12.9. The summed E-state index contributed by atoms with van der Waals surface area (Å²) in [6.45, 7) is 9.20. The molecule has 0 saturated heterocycles. The fourth-order valence-corrected chi connectivity index (χ4v) is 3.03. The highest BCUT2D eigenvalue weighted by atomic mass is 35.5. The van der Waals surface area contributed by atoms with E-state index in [1.165, 1.54) is 37.6 Å². The summed E-state index contributed by atoms with van der Waals surface area (Å²) in [6.07, 6.45) is 10.2. The Balaban J connectivity index is 0.000000483. The van der Waals surface area contributed by atoms with Crippen LogP contribution >= 0.6 is 11.6 Å². The van der Waals surface area contributed by atoms with Crippen molar-refractivity contribution in [1.29, 1.82) is 0 Å². The van der Waals surface area contributed by atoms with E-state index in [0.717, 1.165) is 31.8 Å². The number of hydrogen-bond acceptors (Lipinski definition) is 8. The quantitative estimate of drug-likeness (QED) is 0.335. The number of nitrogens with one attached hydrogen (secondary N) is 3. The van der Waals surface area contributed by atoms with Gasteiger partial charge in [-0.25, -0.2) is 0 Å². The Morgan fingerprint density at radius 2 is 1.88 bits per heavy atom. The van der Waals surface area contributed by atoms with Crippen molar-refractivity contribution in [3.63, 3.8) is 0 Å². The van der Waals surface area contributed by atoms with Gasteiger partial charge in [-0.3, -0.25) is 9.59 Å². The maximum absolute atomic E-state index is 12.0. The van der Waals surface area contributed by atoms with Crippen molar-refractivity contribution >= 4 is 35.5 Å². The number of aromatic nitrogens is 3. The van der Waals surface area contributed by atoms with Crippen LogP contribution in [0.3, 0.4) is 0 Å². The van der Waals surface area contributed by atoms with E-state index in [0.29, 0.717) is 22.3 Å². The normalized spacial score (nSPS) is 13.4. The molecule has 11 heteroatoms. The van der Waals surface area contributed by atoms with Crippen molar-refractivity contribution in [3.05, 3.63) is 70.1 Å². The minimum Gasteiger partial charge on any atom is -0.400 e. The van der Waals surface area contributed by atoms with Crippen molar-refractivity contribution in [2.24, 2.45) is 5.92 Å². The second-order valence-electron chi connectivity index (χ2n) is 7.28. The summed E-state index contributed by atoms with van der Waals surface area (Å²) in [5.74, 6) is -0.489. The summed E-state index contributed by atoms with van der Waals surface area (Å²) in [5, 5.41) is 19.8. The highest BCUT2D eigenvalue weighted by molar-refractivity contribution is 6.32. The largest absolute Gasteiger partial charge is 0.400 e. The van der Waals surface area contributed by atoms with E-state index < -0.39 is 5.91 Å². The van der Waals surface area contributed by atoms with Crippen LogP contribution in [0, 0.1) is 5.92 Å². The number of aliphatic hydroxyl groups is 1. The lowest BCUT2D eigenvalue weighted by molar-refractivity contribution is -0.111. The molecule has 3 rings (SSSR count). The van der Waals surface area contributed by atoms with E-state index in [1.54, 1.807) is 13.0 Å². The number of pyridine rings is 1. The molecule has 184 valence electrons. The van der Waals surface area contributed by atoms with E-state index >= 15 is 0 Å². The number of aliphatic hydroxyl groups excluding tert-OH is 1. The molecular formula is C23H30ClN5O5. The van der Waals surface area contributed by atoms with E-state index in [4.69, 9.17) is 21.1 Å². The molecule has 0 unspecified atom stereocenters. The van der Waals surface area contributed by atoms with Crippen molar-refractivity contribution in [3.8, 4) is 0 Å². The standard InChI is InChI=1S/C15H14ClN5O3.C7H12O.CH4O/c1-8(2)6-11(16)9(3)18-15-21-20-14(24-15)13(23)19-10-4-5-12(22)17-7-10;8-6-7-4-2-1-3-5-7;1-2/h4-7H,1,3H2,2H3,(H,17,22)(H,18,21)(H,19,23);6-7H,1-5H2;2H,1H3/b11-6+;;. The summed E-state index contributed by atoms with van der Waals surface area (Å²) >= 11 is 6.01. The van der Waals surface area contributed by atoms with Crippen LogP contribution in [0.2, 0.25) is 0 Å². The van der Waals surface area contributed by atoms with Crippen LogP contribution in [-0.4, -0.2) is 39.6 Å². The molecule has 1 saturated carbocycles. The third-order valence-electron chi connectivity index (χ3n) is 4.42. The monoisotopic (exact) mass is 491 g/mol. The maximum Gasteiger partial charge on any atom is 0.320 e. The Bertz CT molecular complexity index is 1030. The fourth-order valence-electron chi connectivity index (χ4n) is 2.80. The third kappa shape index (κ3) is 10.4. The van der Waals surface area contributed by atoms with Crippen molar-refractivity contribution in [2.75, 3.05) is 17.7 Å². The van der Waals surface area contributed by atoms with Gasteiger partial charge in [-0.2, -0.15) is 0 Å². The lowest BCUT2D eigenvalue weighted by Crippen LogP contribution is -2.14. The molecule has 0 bridgehead atoms. The molecule has 10 nitrogen and oxygen atoms in total. The third-order valence-corrected chi connectivity index (χ3v) is 4.76. The summed E-state index contributed by atoms with van der Waals surface area (Å²) in [6, 6.07) is 2.67. The molecule has 0 spiro atoms. The van der Waals surface area contributed by atoms with Gasteiger partial charge in [0.15, 0.2) is 0 Å². The molecule has 0 radical (unpaired) electrons. The van der Waals surface area contributed by atoms with E-state index in [9.17, 15) is 14.4 Å². The van der Waals surface area contributed by atoms with Gasteiger partial charge in [-0.05, 0) is 31.9 Å². The van der Waals surface area contributed by atoms with Crippen molar-refractivity contribution in [1.82, 2.24) is 15.2 Å². The lowest BCUT2D eigenvalue weighted by atomic mass is 9.91. The van der Waals surface area contributed by atoms with Crippen LogP contribution in [0.15, 0.2) is 63.1 Å². The summed E-state index contributed by atoms with van der Waals surface area (Å²) in [7, 11) is 1.00. The van der Waals surface area contributed by atoms with Crippen LogP contribution in [0.5, 0.6) is 0 Å². The Morgan fingerprint density at radius 1 is 1.21 bits per heavy atom. The van der Waals surface area contributed by atoms with Gasteiger partial charge in [0.05, 0.1) is 16.4 Å². The Labute approximate surface area is 202 Å². The van der Waals surface area contributed by atoms with Gasteiger partial charge in [0, 0.05) is 25.3 Å². The maximum atomic E-state index is 12.0. The smallest absolute Gasteiger partial charge is 0.320 e. The van der Waals surface area contributed by atoms with Gasteiger partial charge in [-0.15, -0.1) is 5.10 Å². The molecule has 1 amide bonds. The zero-order valence-corrected chi connectivity index (χ0v) is 20.0.